The Labute approximate surface area is 112 Å². The highest BCUT2D eigenvalue weighted by Crippen LogP contribution is 2.22. The molecular weight excluding hydrogens is 272 g/mol. The average Bonchev–Trinajstić information content (AvgIpc) is 3.08. The summed E-state index contributed by atoms with van der Waals surface area (Å²) in [4.78, 5) is 18.5. The molecular formula is C12H11F2N3OS. The quantitative estimate of drug-likeness (QED) is 0.846. The van der Waals surface area contributed by atoms with Crippen molar-refractivity contribution in [3.05, 3.63) is 23.8 Å². The standard InChI is InChI=1S/C12H11F2N3OS/c13-7-3-9-10(4-8(7)14)17-12(16-9)19-5-11(18)15-6-1-2-6/h3-4,6H,1-2,5H2,(H,15,18)(H,16,17). The highest BCUT2D eigenvalue weighted by atomic mass is 32.2. The van der Waals surface area contributed by atoms with E-state index in [1.165, 1.54) is 11.8 Å². The molecule has 2 aromatic rings. The van der Waals surface area contributed by atoms with Crippen molar-refractivity contribution in [2.75, 3.05) is 5.75 Å². The number of H-pyrrole nitrogens is 1. The van der Waals surface area contributed by atoms with E-state index in [0.29, 0.717) is 22.2 Å². The van der Waals surface area contributed by atoms with Crippen LogP contribution >= 0.6 is 11.8 Å². The number of rotatable bonds is 4. The Morgan fingerprint density at radius 3 is 2.89 bits per heavy atom. The Hall–Kier alpha value is -1.63. The molecule has 0 unspecified atom stereocenters. The minimum atomic E-state index is -0.929. The number of halogens is 2. The van der Waals surface area contributed by atoms with Crippen LogP contribution < -0.4 is 5.32 Å². The van der Waals surface area contributed by atoms with E-state index >= 15 is 0 Å². The summed E-state index contributed by atoms with van der Waals surface area (Å²) >= 11 is 1.21. The second-order valence-corrected chi connectivity index (χ2v) is 5.42. The molecule has 1 aromatic carbocycles. The third-order valence-corrected chi connectivity index (χ3v) is 3.66. The Morgan fingerprint density at radius 2 is 2.16 bits per heavy atom. The van der Waals surface area contributed by atoms with Gasteiger partial charge in [0, 0.05) is 18.2 Å². The van der Waals surface area contributed by atoms with E-state index in [1.54, 1.807) is 0 Å². The van der Waals surface area contributed by atoms with Gasteiger partial charge in [-0.25, -0.2) is 13.8 Å². The second kappa shape index (κ2) is 4.80. The molecule has 2 N–H and O–H groups in total. The molecule has 0 bridgehead atoms. The first-order valence-corrected chi connectivity index (χ1v) is 6.87. The van der Waals surface area contributed by atoms with Gasteiger partial charge in [-0.2, -0.15) is 0 Å². The van der Waals surface area contributed by atoms with Gasteiger partial charge in [0.1, 0.15) is 0 Å². The number of thioether (sulfide) groups is 1. The number of hydrogen-bond donors (Lipinski definition) is 2. The number of imidazole rings is 1. The normalized spacial score (nSPS) is 14.8. The van der Waals surface area contributed by atoms with Crippen LogP contribution in [0.25, 0.3) is 11.0 Å². The summed E-state index contributed by atoms with van der Waals surface area (Å²) in [6.07, 6.45) is 2.08. The maximum atomic E-state index is 13.0. The van der Waals surface area contributed by atoms with Crippen molar-refractivity contribution >= 4 is 28.7 Å². The molecule has 1 heterocycles. The summed E-state index contributed by atoms with van der Waals surface area (Å²) in [6, 6.07) is 2.42. The van der Waals surface area contributed by atoms with E-state index in [0.717, 1.165) is 25.0 Å². The Kier molecular flexibility index (Phi) is 3.14. The number of aromatic nitrogens is 2. The molecule has 1 saturated carbocycles. The van der Waals surface area contributed by atoms with Gasteiger partial charge in [0.2, 0.25) is 5.91 Å². The molecule has 3 rings (SSSR count). The maximum absolute atomic E-state index is 13.0. The second-order valence-electron chi connectivity index (χ2n) is 4.46. The monoisotopic (exact) mass is 283 g/mol. The van der Waals surface area contributed by atoms with Crippen molar-refractivity contribution in [3.63, 3.8) is 0 Å². The van der Waals surface area contributed by atoms with Crippen molar-refractivity contribution in [2.24, 2.45) is 0 Å². The van der Waals surface area contributed by atoms with Gasteiger partial charge in [0.15, 0.2) is 16.8 Å². The fourth-order valence-electron chi connectivity index (χ4n) is 1.68. The average molecular weight is 283 g/mol. The highest BCUT2D eigenvalue weighted by molar-refractivity contribution is 7.99. The zero-order valence-corrected chi connectivity index (χ0v) is 10.7. The fraction of sp³-hybridized carbons (Fsp3) is 0.333. The van der Waals surface area contributed by atoms with E-state index in [2.05, 4.69) is 15.3 Å². The third-order valence-electron chi connectivity index (χ3n) is 2.78. The number of amides is 1. The predicted octanol–water partition coefficient (Wildman–Crippen LogP) is 2.21. The SMILES string of the molecule is O=C(CSc1nc2cc(F)c(F)cc2[nH]1)NC1CC1. The lowest BCUT2D eigenvalue weighted by atomic mass is 10.3. The first-order valence-electron chi connectivity index (χ1n) is 5.89. The van der Waals surface area contributed by atoms with Crippen LogP contribution in [0.5, 0.6) is 0 Å². The summed E-state index contributed by atoms with van der Waals surface area (Å²) in [6.45, 7) is 0. The van der Waals surface area contributed by atoms with E-state index in [9.17, 15) is 13.6 Å². The molecule has 0 radical (unpaired) electrons. The number of hydrogen-bond acceptors (Lipinski definition) is 3. The van der Waals surface area contributed by atoms with Crippen molar-refractivity contribution in [1.29, 1.82) is 0 Å². The largest absolute Gasteiger partial charge is 0.353 e. The molecule has 1 aliphatic rings. The van der Waals surface area contributed by atoms with Crippen molar-refractivity contribution in [3.8, 4) is 0 Å². The third kappa shape index (κ3) is 2.86. The lowest BCUT2D eigenvalue weighted by molar-refractivity contribution is -0.118. The zero-order valence-electron chi connectivity index (χ0n) is 9.87. The van der Waals surface area contributed by atoms with E-state index in [1.807, 2.05) is 0 Å². The first kappa shape index (κ1) is 12.4. The zero-order chi connectivity index (χ0) is 13.4. The first-order chi connectivity index (χ1) is 9.11. The molecule has 19 heavy (non-hydrogen) atoms. The fourth-order valence-corrected chi connectivity index (χ4v) is 2.38. The smallest absolute Gasteiger partial charge is 0.230 e. The van der Waals surface area contributed by atoms with Crippen LogP contribution in [0.4, 0.5) is 8.78 Å². The molecule has 0 saturated heterocycles. The van der Waals surface area contributed by atoms with E-state index in [4.69, 9.17) is 0 Å². The van der Waals surface area contributed by atoms with Gasteiger partial charge in [-0.15, -0.1) is 0 Å². The molecule has 1 amide bonds. The van der Waals surface area contributed by atoms with Gasteiger partial charge in [-0.05, 0) is 12.8 Å². The molecule has 0 atom stereocenters. The van der Waals surface area contributed by atoms with Gasteiger partial charge >= 0.3 is 0 Å². The number of carbonyl (C=O) groups is 1. The van der Waals surface area contributed by atoms with Crippen LogP contribution in [0, 0.1) is 11.6 Å². The Bertz CT molecular complexity index is 600. The van der Waals surface area contributed by atoms with Crippen molar-refractivity contribution in [1.82, 2.24) is 15.3 Å². The van der Waals surface area contributed by atoms with Gasteiger partial charge < -0.3 is 10.3 Å². The summed E-state index contributed by atoms with van der Waals surface area (Å²) in [7, 11) is 0. The van der Waals surface area contributed by atoms with Gasteiger partial charge in [-0.1, -0.05) is 11.8 Å². The van der Waals surface area contributed by atoms with E-state index in [-0.39, 0.29) is 11.7 Å². The van der Waals surface area contributed by atoms with Gasteiger partial charge in [0.05, 0.1) is 16.8 Å². The summed E-state index contributed by atoms with van der Waals surface area (Å²) < 4.78 is 26.1. The number of nitrogens with one attached hydrogen (secondary N) is 2. The Morgan fingerprint density at radius 1 is 1.42 bits per heavy atom. The number of aromatic amines is 1. The maximum Gasteiger partial charge on any atom is 0.230 e. The number of nitrogens with zero attached hydrogens (tertiary/aromatic N) is 1. The molecule has 4 nitrogen and oxygen atoms in total. The van der Waals surface area contributed by atoms with Crippen LogP contribution in [0.15, 0.2) is 17.3 Å². The summed E-state index contributed by atoms with van der Waals surface area (Å²) in [5.41, 5.74) is 0.771. The molecule has 1 fully saturated rings. The number of fused-ring (bicyclic) bond motifs is 1. The Balaban J connectivity index is 1.68. The predicted molar refractivity (Wildman–Crippen MR) is 67.9 cm³/mol. The highest BCUT2D eigenvalue weighted by Gasteiger charge is 2.23. The molecule has 0 spiro atoms. The summed E-state index contributed by atoms with van der Waals surface area (Å²) in [5.74, 6) is -1.66. The van der Waals surface area contributed by atoms with E-state index < -0.39 is 11.6 Å². The van der Waals surface area contributed by atoms with Crippen LogP contribution in [0.2, 0.25) is 0 Å². The van der Waals surface area contributed by atoms with Crippen LogP contribution in [-0.2, 0) is 4.79 Å². The molecule has 100 valence electrons. The minimum Gasteiger partial charge on any atom is -0.353 e. The lowest BCUT2D eigenvalue weighted by Gasteiger charge is -2.00. The molecule has 0 aliphatic heterocycles. The van der Waals surface area contributed by atoms with Gasteiger partial charge in [0.25, 0.3) is 0 Å². The minimum absolute atomic E-state index is 0.0506. The summed E-state index contributed by atoms with van der Waals surface area (Å²) in [5, 5.41) is 3.33. The van der Waals surface area contributed by atoms with Crippen molar-refractivity contribution < 1.29 is 13.6 Å². The topological polar surface area (TPSA) is 57.8 Å². The number of carbonyl (C=O) groups excluding carboxylic acids is 1. The van der Waals surface area contributed by atoms with Crippen LogP contribution in [0.3, 0.4) is 0 Å². The van der Waals surface area contributed by atoms with Crippen LogP contribution in [0.1, 0.15) is 12.8 Å². The molecule has 7 heteroatoms. The molecule has 1 aliphatic carbocycles. The van der Waals surface area contributed by atoms with Gasteiger partial charge in [-0.3, -0.25) is 4.79 Å². The molecule has 1 aromatic heterocycles. The lowest BCUT2D eigenvalue weighted by Crippen LogP contribution is -2.27. The van der Waals surface area contributed by atoms with Crippen LogP contribution in [-0.4, -0.2) is 27.7 Å². The number of benzene rings is 1. The van der Waals surface area contributed by atoms with Crippen molar-refractivity contribution in [2.45, 2.75) is 24.0 Å².